The highest BCUT2D eigenvalue weighted by atomic mass is 16.2. The summed E-state index contributed by atoms with van der Waals surface area (Å²) in [6.45, 7) is 8.09. The van der Waals surface area contributed by atoms with Crippen molar-refractivity contribution < 1.29 is 9.59 Å². The van der Waals surface area contributed by atoms with Gasteiger partial charge in [0.25, 0.3) is 11.8 Å². The lowest BCUT2D eigenvalue weighted by molar-refractivity contribution is 0.0958. The zero-order chi connectivity index (χ0) is 18.2. The highest BCUT2D eigenvalue weighted by molar-refractivity contribution is 6.06. The van der Waals surface area contributed by atoms with Crippen LogP contribution in [0, 0.1) is 0 Å². The van der Waals surface area contributed by atoms with Crippen molar-refractivity contribution >= 4 is 17.5 Å². The van der Waals surface area contributed by atoms with Crippen LogP contribution >= 0.6 is 0 Å². The molecule has 0 radical (unpaired) electrons. The van der Waals surface area contributed by atoms with Crippen LogP contribution in [0.3, 0.4) is 0 Å². The minimum absolute atomic E-state index is 0.214. The molecule has 0 heterocycles. The summed E-state index contributed by atoms with van der Waals surface area (Å²) in [5.74, 6) is -0.438. The number of carbonyl (C=O) groups is 2. The summed E-state index contributed by atoms with van der Waals surface area (Å²) in [4.78, 5) is 24.7. The van der Waals surface area contributed by atoms with Crippen molar-refractivity contribution in [3.05, 3.63) is 77.4 Å². The van der Waals surface area contributed by atoms with Crippen LogP contribution in [0.1, 0.15) is 45.7 Å². The SMILES string of the molecule is C=CCNC(=O)c1cccc(C(=O)Nc2c(CC)cccc2CC)c1. The van der Waals surface area contributed by atoms with Gasteiger partial charge in [0.15, 0.2) is 0 Å². The first-order chi connectivity index (χ1) is 12.1. The summed E-state index contributed by atoms with van der Waals surface area (Å²) < 4.78 is 0. The summed E-state index contributed by atoms with van der Waals surface area (Å²) in [5.41, 5.74) is 3.99. The molecule has 0 saturated heterocycles. The first-order valence-electron chi connectivity index (χ1n) is 8.52. The quantitative estimate of drug-likeness (QED) is 0.751. The molecule has 2 amide bonds. The van der Waals surface area contributed by atoms with Gasteiger partial charge in [-0.2, -0.15) is 0 Å². The molecule has 0 spiro atoms. The topological polar surface area (TPSA) is 58.2 Å². The molecule has 0 saturated carbocycles. The van der Waals surface area contributed by atoms with Crippen molar-refractivity contribution in [2.45, 2.75) is 26.7 Å². The van der Waals surface area contributed by atoms with E-state index in [9.17, 15) is 9.59 Å². The van der Waals surface area contributed by atoms with Gasteiger partial charge in [-0.25, -0.2) is 0 Å². The lowest BCUT2D eigenvalue weighted by atomic mass is 10.0. The number of hydrogen-bond donors (Lipinski definition) is 2. The number of benzene rings is 2. The molecule has 0 fully saturated rings. The van der Waals surface area contributed by atoms with E-state index in [0.29, 0.717) is 17.7 Å². The summed E-state index contributed by atoms with van der Waals surface area (Å²) in [6, 6.07) is 12.8. The minimum atomic E-state index is -0.224. The Labute approximate surface area is 149 Å². The Kier molecular flexibility index (Phi) is 6.52. The third-order valence-corrected chi connectivity index (χ3v) is 4.03. The van der Waals surface area contributed by atoms with Gasteiger partial charge in [-0.15, -0.1) is 6.58 Å². The van der Waals surface area contributed by atoms with E-state index in [1.807, 2.05) is 18.2 Å². The molecular formula is C21H24N2O2. The van der Waals surface area contributed by atoms with Crippen LogP contribution in [0.15, 0.2) is 55.1 Å². The van der Waals surface area contributed by atoms with Gasteiger partial charge in [-0.3, -0.25) is 9.59 Å². The molecule has 0 aromatic heterocycles. The van der Waals surface area contributed by atoms with Gasteiger partial charge in [-0.1, -0.05) is 44.2 Å². The second kappa shape index (κ2) is 8.83. The number of carbonyl (C=O) groups excluding carboxylic acids is 2. The summed E-state index contributed by atoms with van der Waals surface area (Å²) in [7, 11) is 0. The van der Waals surface area contributed by atoms with Crippen molar-refractivity contribution in [1.29, 1.82) is 0 Å². The lowest BCUT2D eigenvalue weighted by Crippen LogP contribution is -2.23. The molecule has 0 unspecified atom stereocenters. The van der Waals surface area contributed by atoms with Crippen molar-refractivity contribution in [2.24, 2.45) is 0 Å². The zero-order valence-electron chi connectivity index (χ0n) is 14.8. The minimum Gasteiger partial charge on any atom is -0.349 e. The van der Waals surface area contributed by atoms with E-state index in [0.717, 1.165) is 29.7 Å². The number of amides is 2. The third-order valence-electron chi connectivity index (χ3n) is 4.03. The van der Waals surface area contributed by atoms with E-state index in [1.54, 1.807) is 30.3 Å². The Morgan fingerprint density at radius 2 is 1.52 bits per heavy atom. The average molecular weight is 336 g/mol. The van der Waals surface area contributed by atoms with Crippen LogP contribution in [0.5, 0.6) is 0 Å². The Hall–Kier alpha value is -2.88. The van der Waals surface area contributed by atoms with Crippen LogP contribution < -0.4 is 10.6 Å². The molecule has 4 heteroatoms. The molecule has 2 aromatic rings. The van der Waals surface area contributed by atoms with Gasteiger partial charge < -0.3 is 10.6 Å². The molecule has 2 N–H and O–H groups in total. The van der Waals surface area contributed by atoms with Crippen molar-refractivity contribution in [2.75, 3.05) is 11.9 Å². The molecule has 0 bridgehead atoms. The van der Waals surface area contributed by atoms with Crippen molar-refractivity contribution in [1.82, 2.24) is 5.32 Å². The molecule has 0 aliphatic carbocycles. The van der Waals surface area contributed by atoms with Gasteiger partial charge in [0.05, 0.1) is 0 Å². The van der Waals surface area contributed by atoms with Gasteiger partial charge in [0, 0.05) is 23.4 Å². The molecule has 0 atom stereocenters. The second-order valence-electron chi connectivity index (χ2n) is 5.69. The van der Waals surface area contributed by atoms with Gasteiger partial charge in [0.2, 0.25) is 0 Å². The molecular weight excluding hydrogens is 312 g/mol. The van der Waals surface area contributed by atoms with Crippen LogP contribution in [0.2, 0.25) is 0 Å². The average Bonchev–Trinajstić information content (AvgIpc) is 2.66. The highest BCUT2D eigenvalue weighted by Gasteiger charge is 2.13. The fourth-order valence-electron chi connectivity index (χ4n) is 2.66. The summed E-state index contributed by atoms with van der Waals surface area (Å²) in [5, 5.41) is 5.73. The fraction of sp³-hybridized carbons (Fsp3) is 0.238. The Bertz CT molecular complexity index is 759. The number of rotatable bonds is 7. The number of hydrogen-bond acceptors (Lipinski definition) is 2. The van der Waals surface area contributed by atoms with E-state index >= 15 is 0 Å². The zero-order valence-corrected chi connectivity index (χ0v) is 14.8. The lowest BCUT2D eigenvalue weighted by Gasteiger charge is -2.14. The molecule has 2 rings (SSSR count). The van der Waals surface area contributed by atoms with E-state index in [-0.39, 0.29) is 11.8 Å². The first-order valence-corrected chi connectivity index (χ1v) is 8.52. The van der Waals surface area contributed by atoms with Crippen LogP contribution in [-0.4, -0.2) is 18.4 Å². The predicted molar refractivity (Wildman–Crippen MR) is 102 cm³/mol. The number of anilines is 1. The molecule has 0 aliphatic heterocycles. The maximum absolute atomic E-state index is 12.7. The maximum Gasteiger partial charge on any atom is 0.255 e. The van der Waals surface area contributed by atoms with Gasteiger partial charge in [0.1, 0.15) is 0 Å². The molecule has 2 aromatic carbocycles. The normalized spacial score (nSPS) is 10.2. The van der Waals surface area contributed by atoms with E-state index in [1.165, 1.54) is 0 Å². The number of para-hydroxylation sites is 1. The Morgan fingerprint density at radius 3 is 2.08 bits per heavy atom. The molecule has 0 aliphatic rings. The monoisotopic (exact) mass is 336 g/mol. The van der Waals surface area contributed by atoms with Crippen LogP contribution in [0.4, 0.5) is 5.69 Å². The van der Waals surface area contributed by atoms with Crippen LogP contribution in [-0.2, 0) is 12.8 Å². The number of nitrogens with one attached hydrogen (secondary N) is 2. The third kappa shape index (κ3) is 4.57. The van der Waals surface area contributed by atoms with E-state index in [2.05, 4.69) is 31.1 Å². The predicted octanol–water partition coefficient (Wildman–Crippen LogP) is 3.98. The van der Waals surface area contributed by atoms with E-state index in [4.69, 9.17) is 0 Å². The van der Waals surface area contributed by atoms with Gasteiger partial charge >= 0.3 is 0 Å². The Balaban J connectivity index is 2.25. The number of aryl methyl sites for hydroxylation is 2. The molecule has 130 valence electrons. The Morgan fingerprint density at radius 1 is 0.960 bits per heavy atom. The second-order valence-corrected chi connectivity index (χ2v) is 5.69. The largest absolute Gasteiger partial charge is 0.349 e. The summed E-state index contributed by atoms with van der Waals surface area (Å²) >= 11 is 0. The first kappa shape index (κ1) is 18.5. The van der Waals surface area contributed by atoms with Gasteiger partial charge in [-0.05, 0) is 42.2 Å². The molecule has 4 nitrogen and oxygen atoms in total. The standard InChI is InChI=1S/C21H24N2O2/c1-4-13-22-20(24)17-11-8-12-18(14-17)21(25)23-19-15(5-2)9-7-10-16(19)6-3/h4,7-12,14H,1,5-6,13H2,2-3H3,(H,22,24)(H,23,25). The van der Waals surface area contributed by atoms with Crippen LogP contribution in [0.25, 0.3) is 0 Å². The smallest absolute Gasteiger partial charge is 0.255 e. The van der Waals surface area contributed by atoms with Crippen molar-refractivity contribution in [3.8, 4) is 0 Å². The summed E-state index contributed by atoms with van der Waals surface area (Å²) in [6.07, 6.45) is 3.29. The highest BCUT2D eigenvalue weighted by Crippen LogP contribution is 2.23. The maximum atomic E-state index is 12.7. The molecule has 25 heavy (non-hydrogen) atoms. The fourth-order valence-corrected chi connectivity index (χ4v) is 2.66. The van der Waals surface area contributed by atoms with Crippen molar-refractivity contribution in [3.63, 3.8) is 0 Å². The van der Waals surface area contributed by atoms with E-state index < -0.39 is 0 Å².